The van der Waals surface area contributed by atoms with E-state index in [0.29, 0.717) is 0 Å². The third-order valence-electron chi connectivity index (χ3n) is 1.64. The first-order valence-corrected chi connectivity index (χ1v) is 5.27. The first-order valence-electron chi connectivity index (χ1n) is 4.46. The van der Waals surface area contributed by atoms with Crippen molar-refractivity contribution in [3.05, 3.63) is 15.8 Å². The third kappa shape index (κ3) is 3.76. The molecule has 0 bridgehead atoms. The second-order valence-electron chi connectivity index (χ2n) is 3.06. The van der Waals surface area contributed by atoms with Crippen LogP contribution in [0.25, 0.3) is 0 Å². The summed E-state index contributed by atoms with van der Waals surface area (Å²) in [6.07, 6.45) is 0. The van der Waals surface area contributed by atoms with Gasteiger partial charge in [0.05, 0.1) is 0 Å². The van der Waals surface area contributed by atoms with Crippen LogP contribution in [0, 0.1) is 6.92 Å². The quantitative estimate of drug-likeness (QED) is 0.719. The van der Waals surface area contributed by atoms with E-state index in [1.54, 1.807) is 12.2 Å². The summed E-state index contributed by atoms with van der Waals surface area (Å²) in [5.74, 6) is -1.77. The Kier molecular flexibility index (Phi) is 4.05. The molecular weight excluding hydrogens is 248 g/mol. The highest BCUT2D eigenvalue weighted by atomic mass is 32.1. The van der Waals surface area contributed by atoms with Gasteiger partial charge in [-0.05, 0) is 13.0 Å². The number of carbonyl (C=O) groups is 3. The number of carbonyl (C=O) groups excluding carboxylic acids is 2. The van der Waals surface area contributed by atoms with Gasteiger partial charge in [-0.2, -0.15) is 0 Å². The third-order valence-corrected chi connectivity index (χ3v) is 2.66. The second-order valence-corrected chi connectivity index (χ2v) is 4.31. The predicted molar refractivity (Wildman–Crippen MR) is 59.2 cm³/mol. The Morgan fingerprint density at radius 1 is 1.53 bits per heavy atom. The Bertz CT molecular complexity index is 468. The highest BCUT2D eigenvalue weighted by Crippen LogP contribution is 2.28. The van der Waals surface area contributed by atoms with E-state index in [9.17, 15) is 14.4 Å². The van der Waals surface area contributed by atoms with Crippen LogP contribution in [0.1, 0.15) is 14.5 Å². The highest BCUT2D eigenvalue weighted by molar-refractivity contribution is 7.14. The molecule has 17 heavy (non-hydrogen) atoms. The number of amides is 3. The zero-order valence-electron chi connectivity index (χ0n) is 8.85. The molecule has 1 rings (SSSR count). The lowest BCUT2D eigenvalue weighted by Crippen LogP contribution is -2.38. The fraction of sp³-hybridized carbons (Fsp3) is 0.222. The Labute approximate surface area is 100 Å². The number of urea groups is 1. The lowest BCUT2D eigenvalue weighted by Gasteiger charge is -2.04. The number of rotatable bonds is 4. The van der Waals surface area contributed by atoms with Crippen LogP contribution in [0.4, 0.5) is 4.79 Å². The Morgan fingerprint density at radius 2 is 2.18 bits per heavy atom. The molecule has 92 valence electrons. The number of ether oxygens (including phenoxy) is 1. The molecule has 0 saturated carbocycles. The number of nitrogens with one attached hydrogen (secondary N) is 1. The van der Waals surface area contributed by atoms with E-state index < -0.39 is 24.5 Å². The maximum Gasteiger partial charge on any atom is 0.349 e. The van der Waals surface area contributed by atoms with Crippen molar-refractivity contribution in [1.82, 2.24) is 5.32 Å². The average molecular weight is 258 g/mol. The van der Waals surface area contributed by atoms with Crippen LogP contribution in [-0.4, -0.2) is 29.6 Å². The molecule has 1 aromatic heterocycles. The van der Waals surface area contributed by atoms with Crippen molar-refractivity contribution in [2.75, 3.05) is 6.61 Å². The summed E-state index contributed by atoms with van der Waals surface area (Å²) >= 11 is 1.04. The minimum Gasteiger partial charge on any atom is -0.482 e. The molecule has 0 aromatic carbocycles. The Balaban J connectivity index is 2.66. The van der Waals surface area contributed by atoms with Gasteiger partial charge in [0.25, 0.3) is 5.91 Å². The van der Waals surface area contributed by atoms with E-state index in [0.717, 1.165) is 16.2 Å². The number of primary amides is 1. The molecule has 0 radical (unpaired) electrons. The molecule has 7 nitrogen and oxygen atoms in total. The van der Waals surface area contributed by atoms with Gasteiger partial charge in [0.15, 0.2) is 11.5 Å². The van der Waals surface area contributed by atoms with Gasteiger partial charge < -0.3 is 15.6 Å². The van der Waals surface area contributed by atoms with Crippen LogP contribution in [-0.2, 0) is 4.79 Å². The van der Waals surface area contributed by atoms with Gasteiger partial charge in [0, 0.05) is 4.88 Å². The number of carboxylic acids is 1. The van der Waals surface area contributed by atoms with Gasteiger partial charge in [0.1, 0.15) is 5.75 Å². The zero-order valence-corrected chi connectivity index (χ0v) is 9.67. The lowest BCUT2D eigenvalue weighted by atomic mass is 10.4. The molecule has 0 atom stereocenters. The normalized spacial score (nSPS) is 9.71. The highest BCUT2D eigenvalue weighted by Gasteiger charge is 2.16. The average Bonchev–Trinajstić information content (AvgIpc) is 2.55. The minimum absolute atomic E-state index is 0.00868. The fourth-order valence-corrected chi connectivity index (χ4v) is 1.86. The SMILES string of the molecule is Cc1cc(OCC(=O)NC(N)=O)c(C(=O)O)s1. The van der Waals surface area contributed by atoms with Crippen molar-refractivity contribution in [2.24, 2.45) is 5.73 Å². The second kappa shape index (κ2) is 5.30. The van der Waals surface area contributed by atoms with Crippen molar-refractivity contribution in [1.29, 1.82) is 0 Å². The van der Waals surface area contributed by atoms with Gasteiger partial charge in [0.2, 0.25) is 0 Å². The first kappa shape index (κ1) is 13.0. The van der Waals surface area contributed by atoms with Crippen LogP contribution in [0.15, 0.2) is 6.07 Å². The van der Waals surface area contributed by atoms with E-state index in [4.69, 9.17) is 15.6 Å². The van der Waals surface area contributed by atoms with E-state index in [-0.39, 0.29) is 10.6 Å². The van der Waals surface area contributed by atoms with Gasteiger partial charge in [-0.1, -0.05) is 0 Å². The lowest BCUT2D eigenvalue weighted by molar-refractivity contribution is -0.121. The van der Waals surface area contributed by atoms with Crippen LogP contribution in [0.2, 0.25) is 0 Å². The number of hydrogen-bond donors (Lipinski definition) is 3. The molecule has 8 heteroatoms. The standard InChI is InChI=1S/C9H10N2O5S/c1-4-2-5(7(17-4)8(13)14)16-3-6(12)11-9(10)15/h2H,3H2,1H3,(H,13,14)(H3,10,11,12,15). The smallest absolute Gasteiger partial charge is 0.349 e. The number of nitrogens with two attached hydrogens (primary N) is 1. The molecule has 1 aromatic rings. The van der Waals surface area contributed by atoms with Gasteiger partial charge >= 0.3 is 12.0 Å². The number of aryl methyl sites for hydroxylation is 1. The Morgan fingerprint density at radius 3 is 2.71 bits per heavy atom. The molecule has 0 aliphatic carbocycles. The molecule has 0 aliphatic rings. The minimum atomic E-state index is -1.13. The molecule has 3 amide bonds. The molecule has 0 fully saturated rings. The van der Waals surface area contributed by atoms with Gasteiger partial charge in [-0.3, -0.25) is 10.1 Å². The van der Waals surface area contributed by atoms with E-state index in [1.807, 2.05) is 0 Å². The molecule has 0 aliphatic heterocycles. The van der Waals surface area contributed by atoms with Crippen LogP contribution in [0.3, 0.4) is 0 Å². The van der Waals surface area contributed by atoms with Crippen LogP contribution < -0.4 is 15.8 Å². The summed E-state index contributed by atoms with van der Waals surface area (Å²) in [7, 11) is 0. The number of imide groups is 1. The number of carboxylic acid groups (broad SMARTS) is 1. The summed E-state index contributed by atoms with van der Waals surface area (Å²) in [5, 5.41) is 10.6. The molecule has 0 saturated heterocycles. The Hall–Kier alpha value is -2.09. The van der Waals surface area contributed by atoms with Gasteiger partial charge in [-0.15, -0.1) is 11.3 Å². The summed E-state index contributed by atoms with van der Waals surface area (Å²) in [5.41, 5.74) is 4.73. The number of aromatic carboxylic acids is 1. The zero-order chi connectivity index (χ0) is 13.0. The summed E-state index contributed by atoms with van der Waals surface area (Å²) in [4.78, 5) is 32.9. The number of hydrogen-bond acceptors (Lipinski definition) is 5. The maximum absolute atomic E-state index is 11.0. The van der Waals surface area contributed by atoms with Crippen molar-refractivity contribution < 1.29 is 24.2 Å². The van der Waals surface area contributed by atoms with Crippen molar-refractivity contribution in [3.63, 3.8) is 0 Å². The van der Waals surface area contributed by atoms with Crippen molar-refractivity contribution in [2.45, 2.75) is 6.92 Å². The fourth-order valence-electron chi connectivity index (χ4n) is 1.06. The summed E-state index contributed by atoms with van der Waals surface area (Å²) in [6, 6.07) is 0.518. The largest absolute Gasteiger partial charge is 0.482 e. The number of thiophene rings is 1. The van der Waals surface area contributed by atoms with Crippen LogP contribution in [0.5, 0.6) is 5.75 Å². The molecule has 4 N–H and O–H groups in total. The molecular formula is C9H10N2O5S. The maximum atomic E-state index is 11.0. The topological polar surface area (TPSA) is 119 Å². The molecule has 1 heterocycles. The van der Waals surface area contributed by atoms with E-state index in [1.165, 1.54) is 6.07 Å². The monoisotopic (exact) mass is 258 g/mol. The van der Waals surface area contributed by atoms with Crippen molar-refractivity contribution in [3.8, 4) is 5.75 Å². The summed E-state index contributed by atoms with van der Waals surface area (Å²) in [6.45, 7) is 1.24. The summed E-state index contributed by atoms with van der Waals surface area (Å²) < 4.78 is 4.99. The van der Waals surface area contributed by atoms with E-state index in [2.05, 4.69) is 0 Å². The molecule has 0 unspecified atom stereocenters. The van der Waals surface area contributed by atoms with Gasteiger partial charge in [-0.25, -0.2) is 9.59 Å². The predicted octanol–water partition coefficient (Wildman–Crippen LogP) is 0.328. The molecule has 0 spiro atoms. The van der Waals surface area contributed by atoms with Crippen LogP contribution >= 0.6 is 11.3 Å². The van der Waals surface area contributed by atoms with E-state index >= 15 is 0 Å². The van der Waals surface area contributed by atoms with Crippen molar-refractivity contribution >= 4 is 29.2 Å². The first-order chi connectivity index (χ1) is 7.90.